The maximum absolute atomic E-state index is 5.94. The fourth-order valence-electron chi connectivity index (χ4n) is 1.28. The average Bonchev–Trinajstić information content (AvgIpc) is 2.38. The quantitative estimate of drug-likeness (QED) is 0.630. The van der Waals surface area contributed by atoms with Gasteiger partial charge in [-0.25, -0.2) is 9.97 Å². The van der Waals surface area contributed by atoms with Gasteiger partial charge in [0.15, 0.2) is 10.9 Å². The zero-order valence-electron chi connectivity index (χ0n) is 8.94. The Kier molecular flexibility index (Phi) is 4.18. The summed E-state index contributed by atoms with van der Waals surface area (Å²) in [6.07, 6.45) is 1.54. The molecule has 0 fully saturated rings. The molecule has 2 rings (SSSR count). The van der Waals surface area contributed by atoms with Gasteiger partial charge >= 0.3 is 0 Å². The van der Waals surface area contributed by atoms with Crippen molar-refractivity contribution in [2.24, 2.45) is 0 Å². The molecule has 0 spiro atoms. The van der Waals surface area contributed by atoms with Crippen molar-refractivity contribution < 1.29 is 4.74 Å². The summed E-state index contributed by atoms with van der Waals surface area (Å²) in [7, 11) is 0. The number of halogens is 2. The number of hydrogen-bond acceptors (Lipinski definition) is 3. The van der Waals surface area contributed by atoms with Crippen LogP contribution in [-0.4, -0.2) is 9.97 Å². The molecule has 88 valence electrons. The first kappa shape index (κ1) is 12.1. The van der Waals surface area contributed by atoms with Gasteiger partial charge in [-0.1, -0.05) is 41.9 Å². The number of ether oxygens (including phenoxy) is 1. The first-order chi connectivity index (χ1) is 8.29. The van der Waals surface area contributed by atoms with Gasteiger partial charge in [0, 0.05) is 0 Å². The molecule has 3 nitrogen and oxygen atoms in total. The lowest BCUT2D eigenvalue weighted by atomic mass is 10.2. The monoisotopic (exact) mass is 268 g/mol. The molecule has 0 saturated heterocycles. The van der Waals surface area contributed by atoms with Gasteiger partial charge in [0.2, 0.25) is 0 Å². The second-order valence-corrected chi connectivity index (χ2v) is 3.97. The zero-order chi connectivity index (χ0) is 12.1. The van der Waals surface area contributed by atoms with Crippen molar-refractivity contribution in [3.8, 4) is 5.75 Å². The van der Waals surface area contributed by atoms with E-state index in [1.165, 1.54) is 6.20 Å². The molecule has 0 saturated carbocycles. The molecule has 0 N–H and O–H groups in total. The van der Waals surface area contributed by atoms with Crippen molar-refractivity contribution in [3.05, 3.63) is 53.1 Å². The Morgan fingerprint density at radius 1 is 1.18 bits per heavy atom. The second kappa shape index (κ2) is 5.84. The van der Waals surface area contributed by atoms with Gasteiger partial charge in [0.05, 0.1) is 12.1 Å². The van der Waals surface area contributed by atoms with E-state index in [2.05, 4.69) is 9.97 Å². The summed E-state index contributed by atoms with van der Waals surface area (Å²) in [5.41, 5.74) is 1.06. The SMILES string of the molecule is ClCc1ncc(OCc2ccccc2)c(Cl)n1. The van der Waals surface area contributed by atoms with Gasteiger partial charge in [-0.2, -0.15) is 0 Å². The van der Waals surface area contributed by atoms with E-state index in [0.717, 1.165) is 5.56 Å². The van der Waals surface area contributed by atoms with Crippen LogP contribution in [0.25, 0.3) is 0 Å². The van der Waals surface area contributed by atoms with E-state index < -0.39 is 0 Å². The van der Waals surface area contributed by atoms with Crippen molar-refractivity contribution in [1.82, 2.24) is 9.97 Å². The number of rotatable bonds is 4. The number of hydrogen-bond donors (Lipinski definition) is 0. The maximum atomic E-state index is 5.94. The van der Waals surface area contributed by atoms with Gasteiger partial charge in [-0.3, -0.25) is 0 Å². The third-order valence-electron chi connectivity index (χ3n) is 2.12. The van der Waals surface area contributed by atoms with Crippen LogP contribution < -0.4 is 4.74 Å². The van der Waals surface area contributed by atoms with Crippen molar-refractivity contribution in [1.29, 1.82) is 0 Å². The molecule has 1 aromatic carbocycles. The van der Waals surface area contributed by atoms with Gasteiger partial charge in [0.25, 0.3) is 0 Å². The lowest BCUT2D eigenvalue weighted by Gasteiger charge is -2.07. The Morgan fingerprint density at radius 3 is 2.59 bits per heavy atom. The van der Waals surface area contributed by atoms with Crippen LogP contribution in [0, 0.1) is 0 Å². The molecule has 1 heterocycles. The molecule has 0 aliphatic carbocycles. The van der Waals surface area contributed by atoms with Crippen LogP contribution in [0.2, 0.25) is 5.15 Å². The summed E-state index contributed by atoms with van der Waals surface area (Å²) in [4.78, 5) is 8.02. The van der Waals surface area contributed by atoms with E-state index in [-0.39, 0.29) is 11.0 Å². The second-order valence-electron chi connectivity index (χ2n) is 3.35. The predicted octanol–water partition coefficient (Wildman–Crippen LogP) is 3.45. The molecule has 0 aliphatic heterocycles. The molecule has 17 heavy (non-hydrogen) atoms. The molecule has 0 bridgehead atoms. The van der Waals surface area contributed by atoms with Crippen molar-refractivity contribution in [2.45, 2.75) is 12.5 Å². The van der Waals surface area contributed by atoms with E-state index in [1.54, 1.807) is 0 Å². The Balaban J connectivity index is 2.04. The molecule has 2 aromatic rings. The topological polar surface area (TPSA) is 35.0 Å². The standard InChI is InChI=1S/C12H10Cl2N2O/c13-6-11-15-7-10(12(14)16-11)17-8-9-4-2-1-3-5-9/h1-5,7H,6,8H2. The third-order valence-corrected chi connectivity index (χ3v) is 2.63. The highest BCUT2D eigenvalue weighted by atomic mass is 35.5. The van der Waals surface area contributed by atoms with Crippen LogP contribution in [0.3, 0.4) is 0 Å². The highest BCUT2D eigenvalue weighted by Gasteiger charge is 2.05. The molecular formula is C12H10Cl2N2O. The molecule has 0 unspecified atom stereocenters. The Hall–Kier alpha value is -1.32. The largest absolute Gasteiger partial charge is 0.484 e. The summed E-state index contributed by atoms with van der Waals surface area (Å²) in [5, 5.41) is 0.284. The lowest BCUT2D eigenvalue weighted by Crippen LogP contribution is -1.99. The number of nitrogens with zero attached hydrogens (tertiary/aromatic N) is 2. The molecule has 1 aromatic heterocycles. The van der Waals surface area contributed by atoms with E-state index >= 15 is 0 Å². The van der Waals surface area contributed by atoms with Crippen molar-refractivity contribution >= 4 is 23.2 Å². The Labute approximate surface area is 109 Å². The van der Waals surface area contributed by atoms with Gasteiger partial charge in [0.1, 0.15) is 12.4 Å². The van der Waals surface area contributed by atoms with Crippen molar-refractivity contribution in [3.63, 3.8) is 0 Å². The summed E-state index contributed by atoms with van der Waals surface area (Å²) in [6, 6.07) is 9.80. The summed E-state index contributed by atoms with van der Waals surface area (Å²) in [5.74, 6) is 1.19. The van der Waals surface area contributed by atoms with Crippen LogP contribution in [0.4, 0.5) is 0 Å². The van der Waals surface area contributed by atoms with Gasteiger partial charge < -0.3 is 4.74 Å². The minimum absolute atomic E-state index is 0.235. The first-order valence-electron chi connectivity index (χ1n) is 5.03. The van der Waals surface area contributed by atoms with E-state index in [9.17, 15) is 0 Å². The van der Waals surface area contributed by atoms with E-state index in [0.29, 0.717) is 18.2 Å². The Morgan fingerprint density at radius 2 is 1.94 bits per heavy atom. The van der Waals surface area contributed by atoms with Crippen LogP contribution >= 0.6 is 23.2 Å². The smallest absolute Gasteiger partial charge is 0.175 e. The lowest BCUT2D eigenvalue weighted by molar-refractivity contribution is 0.303. The van der Waals surface area contributed by atoms with Crippen LogP contribution in [0.5, 0.6) is 5.75 Å². The summed E-state index contributed by atoms with van der Waals surface area (Å²) >= 11 is 11.5. The van der Waals surface area contributed by atoms with E-state index in [4.69, 9.17) is 27.9 Å². The molecule has 0 aliphatic rings. The molecule has 0 radical (unpaired) electrons. The molecule has 0 atom stereocenters. The molecule has 5 heteroatoms. The normalized spacial score (nSPS) is 10.2. The van der Waals surface area contributed by atoms with Crippen LogP contribution in [-0.2, 0) is 12.5 Å². The fourth-order valence-corrected chi connectivity index (χ4v) is 1.61. The maximum Gasteiger partial charge on any atom is 0.175 e. The van der Waals surface area contributed by atoms with Crippen LogP contribution in [0.1, 0.15) is 11.4 Å². The molecule has 0 amide bonds. The highest BCUT2D eigenvalue weighted by Crippen LogP contribution is 2.22. The van der Waals surface area contributed by atoms with Gasteiger partial charge in [-0.05, 0) is 5.56 Å². The summed E-state index contributed by atoms with van der Waals surface area (Å²) < 4.78 is 5.52. The minimum atomic E-state index is 0.235. The predicted molar refractivity (Wildman–Crippen MR) is 67.4 cm³/mol. The molecular weight excluding hydrogens is 259 g/mol. The van der Waals surface area contributed by atoms with Crippen LogP contribution in [0.15, 0.2) is 36.5 Å². The number of aromatic nitrogens is 2. The average molecular weight is 269 g/mol. The van der Waals surface area contributed by atoms with E-state index in [1.807, 2.05) is 30.3 Å². The first-order valence-corrected chi connectivity index (χ1v) is 5.95. The summed E-state index contributed by atoms with van der Waals surface area (Å²) in [6.45, 7) is 0.435. The Bertz CT molecular complexity index is 491. The highest BCUT2D eigenvalue weighted by molar-refractivity contribution is 6.30. The zero-order valence-corrected chi connectivity index (χ0v) is 10.4. The third kappa shape index (κ3) is 3.32. The van der Waals surface area contributed by atoms with Crippen molar-refractivity contribution in [2.75, 3.05) is 0 Å². The minimum Gasteiger partial charge on any atom is -0.484 e. The number of alkyl halides is 1. The van der Waals surface area contributed by atoms with Gasteiger partial charge in [-0.15, -0.1) is 11.6 Å². The fraction of sp³-hybridized carbons (Fsp3) is 0.167. The number of benzene rings is 1.